The molecule has 1 N–H and O–H groups in total. The molecule has 1 amide bonds. The largest absolute Gasteiger partial charge is 0.350 e. The third kappa shape index (κ3) is 3.40. The first-order valence-corrected chi connectivity index (χ1v) is 8.63. The molecule has 0 bridgehead atoms. The molecule has 0 saturated heterocycles. The van der Waals surface area contributed by atoms with Gasteiger partial charge in [-0.15, -0.1) is 5.10 Å². The molecule has 0 aliphatic carbocycles. The van der Waals surface area contributed by atoms with Crippen LogP contribution in [0.3, 0.4) is 0 Å². The molecule has 0 atom stereocenters. The summed E-state index contributed by atoms with van der Waals surface area (Å²) in [6, 6.07) is 12.3. The number of fused-ring (bicyclic) bond motifs is 1. The first-order valence-electron chi connectivity index (χ1n) is 8.63. The van der Waals surface area contributed by atoms with Crippen molar-refractivity contribution < 1.29 is 4.79 Å². The number of nitrogens with zero attached hydrogens (tertiary/aromatic N) is 3. The minimum absolute atomic E-state index is 0.0527. The van der Waals surface area contributed by atoms with E-state index in [-0.39, 0.29) is 18.0 Å². The van der Waals surface area contributed by atoms with Gasteiger partial charge in [0.25, 0.3) is 5.91 Å². The van der Waals surface area contributed by atoms with Gasteiger partial charge < -0.3 is 5.32 Å². The van der Waals surface area contributed by atoms with E-state index < -0.39 is 0 Å². The molecule has 0 aliphatic heterocycles. The number of hydrogen-bond donors (Lipinski definition) is 1. The van der Waals surface area contributed by atoms with Gasteiger partial charge in [0.1, 0.15) is 5.52 Å². The first-order chi connectivity index (χ1) is 11.9. The Morgan fingerprint density at radius 1 is 1.08 bits per heavy atom. The van der Waals surface area contributed by atoms with Crippen LogP contribution >= 0.6 is 0 Å². The van der Waals surface area contributed by atoms with E-state index in [0.717, 1.165) is 27.7 Å². The number of carbonyl (C=O) groups excluding carboxylic acids is 1. The lowest BCUT2D eigenvalue weighted by Crippen LogP contribution is -2.30. The summed E-state index contributed by atoms with van der Waals surface area (Å²) in [5.74, 6) is -0.0527. The van der Waals surface area contributed by atoms with Gasteiger partial charge in [0, 0.05) is 17.6 Å². The molecular formula is C20H24N4O. The molecular weight excluding hydrogens is 312 g/mol. The lowest BCUT2D eigenvalue weighted by molar-refractivity contribution is 0.0943. The van der Waals surface area contributed by atoms with Crippen LogP contribution in [0.25, 0.3) is 22.2 Å². The summed E-state index contributed by atoms with van der Waals surface area (Å²) in [5.41, 5.74) is 5.75. The van der Waals surface area contributed by atoms with Gasteiger partial charge in [0.05, 0.1) is 5.52 Å². The summed E-state index contributed by atoms with van der Waals surface area (Å²) >= 11 is 0. The molecule has 3 aromatic rings. The first kappa shape index (κ1) is 17.1. The van der Waals surface area contributed by atoms with E-state index >= 15 is 0 Å². The molecule has 2 aromatic carbocycles. The minimum atomic E-state index is -0.0527. The normalized spacial score (nSPS) is 11.5. The number of carbonyl (C=O) groups is 1. The molecule has 0 aliphatic rings. The van der Waals surface area contributed by atoms with Crippen molar-refractivity contribution in [3.63, 3.8) is 0 Å². The average molecular weight is 336 g/mol. The van der Waals surface area contributed by atoms with Crippen molar-refractivity contribution >= 4 is 16.9 Å². The molecule has 3 rings (SSSR count). The van der Waals surface area contributed by atoms with Gasteiger partial charge in [0.2, 0.25) is 0 Å². The van der Waals surface area contributed by atoms with E-state index in [2.05, 4.69) is 42.5 Å². The highest BCUT2D eigenvalue weighted by atomic mass is 16.1. The monoisotopic (exact) mass is 336 g/mol. The Hall–Kier alpha value is -2.69. The van der Waals surface area contributed by atoms with Crippen LogP contribution < -0.4 is 5.32 Å². The summed E-state index contributed by atoms with van der Waals surface area (Å²) < 4.78 is 1.92. The predicted molar refractivity (Wildman–Crippen MR) is 101 cm³/mol. The van der Waals surface area contributed by atoms with E-state index in [1.165, 1.54) is 0 Å². The van der Waals surface area contributed by atoms with Crippen LogP contribution in [0.5, 0.6) is 0 Å². The van der Waals surface area contributed by atoms with Gasteiger partial charge in [-0.05, 0) is 75.6 Å². The standard InChI is InChI=1S/C20H24N4O/c1-12(2)21-20(25)16-7-6-14(5)17(10-16)15-8-9-19-18(11-15)22-23-24(19)13(3)4/h6-13H,1-5H3,(H,21,25). The minimum Gasteiger partial charge on any atom is -0.350 e. The average Bonchev–Trinajstić information content (AvgIpc) is 2.97. The van der Waals surface area contributed by atoms with Gasteiger partial charge >= 0.3 is 0 Å². The summed E-state index contributed by atoms with van der Waals surface area (Å²) in [7, 11) is 0. The summed E-state index contributed by atoms with van der Waals surface area (Å²) in [4.78, 5) is 12.3. The lowest BCUT2D eigenvalue weighted by atomic mass is 9.97. The number of aryl methyl sites for hydroxylation is 1. The second-order valence-corrected chi connectivity index (χ2v) is 6.99. The second-order valence-electron chi connectivity index (χ2n) is 6.99. The van der Waals surface area contributed by atoms with Crippen LogP contribution in [0.15, 0.2) is 36.4 Å². The van der Waals surface area contributed by atoms with Crippen molar-refractivity contribution in [1.29, 1.82) is 0 Å². The highest BCUT2D eigenvalue weighted by molar-refractivity contribution is 5.96. The maximum absolute atomic E-state index is 12.3. The second kappa shape index (κ2) is 6.67. The molecule has 1 heterocycles. The van der Waals surface area contributed by atoms with Crippen LogP contribution in [-0.4, -0.2) is 26.9 Å². The Balaban J connectivity index is 2.03. The van der Waals surface area contributed by atoms with Crippen LogP contribution in [0, 0.1) is 6.92 Å². The number of rotatable bonds is 4. The van der Waals surface area contributed by atoms with Gasteiger partial charge in [0.15, 0.2) is 0 Å². The van der Waals surface area contributed by atoms with Crippen molar-refractivity contribution in [3.8, 4) is 11.1 Å². The lowest BCUT2D eigenvalue weighted by Gasteiger charge is -2.12. The maximum Gasteiger partial charge on any atom is 0.251 e. The maximum atomic E-state index is 12.3. The Bertz CT molecular complexity index is 925. The summed E-state index contributed by atoms with van der Waals surface area (Å²) in [6.45, 7) is 10.1. The molecule has 1 aromatic heterocycles. The smallest absolute Gasteiger partial charge is 0.251 e. The molecule has 0 spiro atoms. The van der Waals surface area contributed by atoms with Crippen LogP contribution in [0.2, 0.25) is 0 Å². The highest BCUT2D eigenvalue weighted by Crippen LogP contribution is 2.28. The van der Waals surface area contributed by atoms with E-state index in [9.17, 15) is 4.79 Å². The van der Waals surface area contributed by atoms with Crippen molar-refractivity contribution in [2.75, 3.05) is 0 Å². The van der Waals surface area contributed by atoms with Crippen molar-refractivity contribution in [2.45, 2.75) is 46.7 Å². The fourth-order valence-corrected chi connectivity index (χ4v) is 2.91. The Morgan fingerprint density at radius 3 is 2.52 bits per heavy atom. The predicted octanol–water partition coefficient (Wildman–Crippen LogP) is 4.13. The number of amides is 1. The zero-order chi connectivity index (χ0) is 18.1. The zero-order valence-corrected chi connectivity index (χ0v) is 15.4. The molecule has 0 radical (unpaired) electrons. The van der Waals surface area contributed by atoms with Crippen LogP contribution in [-0.2, 0) is 0 Å². The van der Waals surface area contributed by atoms with Crippen molar-refractivity contribution in [1.82, 2.24) is 20.3 Å². The highest BCUT2D eigenvalue weighted by Gasteiger charge is 2.13. The summed E-state index contributed by atoms with van der Waals surface area (Å²) in [5, 5.41) is 11.5. The molecule has 0 fully saturated rings. The third-order valence-electron chi connectivity index (χ3n) is 4.19. The summed E-state index contributed by atoms with van der Waals surface area (Å²) in [6.07, 6.45) is 0. The number of nitrogens with one attached hydrogen (secondary N) is 1. The topological polar surface area (TPSA) is 59.8 Å². The number of hydrogen-bond acceptors (Lipinski definition) is 3. The van der Waals surface area contributed by atoms with E-state index in [1.807, 2.05) is 48.9 Å². The Labute approximate surface area is 148 Å². The van der Waals surface area contributed by atoms with Gasteiger partial charge in [-0.3, -0.25) is 4.79 Å². The zero-order valence-electron chi connectivity index (χ0n) is 15.4. The SMILES string of the molecule is Cc1ccc(C(=O)NC(C)C)cc1-c1ccc2c(c1)nnn2C(C)C. The van der Waals surface area contributed by atoms with Crippen LogP contribution in [0.1, 0.15) is 49.7 Å². The van der Waals surface area contributed by atoms with Crippen LogP contribution in [0.4, 0.5) is 0 Å². The van der Waals surface area contributed by atoms with Crippen molar-refractivity contribution in [3.05, 3.63) is 47.5 Å². The molecule has 130 valence electrons. The van der Waals surface area contributed by atoms with Crippen molar-refractivity contribution in [2.24, 2.45) is 0 Å². The quantitative estimate of drug-likeness (QED) is 0.779. The van der Waals surface area contributed by atoms with E-state index in [4.69, 9.17) is 0 Å². The van der Waals surface area contributed by atoms with Gasteiger partial charge in [-0.25, -0.2) is 4.68 Å². The molecule has 0 saturated carbocycles. The van der Waals surface area contributed by atoms with Gasteiger partial charge in [-0.2, -0.15) is 0 Å². The third-order valence-corrected chi connectivity index (χ3v) is 4.19. The van der Waals surface area contributed by atoms with E-state index in [0.29, 0.717) is 5.56 Å². The van der Waals surface area contributed by atoms with E-state index in [1.54, 1.807) is 0 Å². The Morgan fingerprint density at radius 2 is 1.84 bits per heavy atom. The molecule has 5 heteroatoms. The van der Waals surface area contributed by atoms with Gasteiger partial charge in [-0.1, -0.05) is 17.3 Å². The Kier molecular flexibility index (Phi) is 4.57. The number of aromatic nitrogens is 3. The fourth-order valence-electron chi connectivity index (χ4n) is 2.91. The fraction of sp³-hybridized carbons (Fsp3) is 0.350. The molecule has 25 heavy (non-hydrogen) atoms. The molecule has 5 nitrogen and oxygen atoms in total. The number of benzene rings is 2. The molecule has 0 unspecified atom stereocenters.